The number of nitrogens with one attached hydrogen (secondary N) is 1. The van der Waals surface area contributed by atoms with Gasteiger partial charge in [0.15, 0.2) is 6.61 Å². The molecule has 6 heteroatoms. The van der Waals surface area contributed by atoms with Crippen molar-refractivity contribution < 1.29 is 19.4 Å². The van der Waals surface area contributed by atoms with Crippen molar-refractivity contribution in [2.45, 2.75) is 19.8 Å². The average Bonchev–Trinajstić information content (AvgIpc) is 2.35. The summed E-state index contributed by atoms with van der Waals surface area (Å²) in [5, 5.41) is 19.7. The van der Waals surface area contributed by atoms with Gasteiger partial charge in [0.05, 0.1) is 0 Å². The Balaban J connectivity index is 2.53. The van der Waals surface area contributed by atoms with Crippen LogP contribution in [0.4, 0.5) is 5.69 Å². The molecule has 2 N–H and O–H groups in total. The smallest absolute Gasteiger partial charge is 0.303 e. The largest absolute Gasteiger partial charge is 0.481 e. The molecule has 0 aromatic heterocycles. The second-order valence-electron chi connectivity index (χ2n) is 4.43. The van der Waals surface area contributed by atoms with Crippen molar-refractivity contribution in [3.05, 3.63) is 24.3 Å². The van der Waals surface area contributed by atoms with Crippen molar-refractivity contribution >= 4 is 17.6 Å². The minimum atomic E-state index is -0.919. The van der Waals surface area contributed by atoms with Gasteiger partial charge < -0.3 is 15.2 Å². The molecule has 1 aromatic carbocycles. The Bertz CT molecular complexity index is 522. The Hall–Kier alpha value is -2.55. The quantitative estimate of drug-likeness (QED) is 0.793. The molecule has 0 heterocycles. The van der Waals surface area contributed by atoms with Gasteiger partial charge in [0, 0.05) is 24.6 Å². The van der Waals surface area contributed by atoms with Crippen LogP contribution in [-0.2, 0) is 9.59 Å². The number of ether oxygens (including phenoxy) is 1. The monoisotopic (exact) mass is 276 g/mol. The van der Waals surface area contributed by atoms with Gasteiger partial charge in [0.1, 0.15) is 11.8 Å². The fraction of sp³-hybridized carbons (Fsp3) is 0.357. The predicted molar refractivity (Wildman–Crippen MR) is 72.2 cm³/mol. The van der Waals surface area contributed by atoms with Gasteiger partial charge in [-0.15, -0.1) is 0 Å². The van der Waals surface area contributed by atoms with E-state index in [4.69, 9.17) is 15.1 Å². The maximum Gasteiger partial charge on any atom is 0.303 e. The van der Waals surface area contributed by atoms with Crippen LogP contribution >= 0.6 is 0 Å². The summed E-state index contributed by atoms with van der Waals surface area (Å²) in [4.78, 5) is 22.3. The van der Waals surface area contributed by atoms with Crippen LogP contribution in [-0.4, -0.2) is 23.6 Å². The predicted octanol–water partition coefficient (Wildman–Crippen LogP) is 2.03. The van der Waals surface area contributed by atoms with Gasteiger partial charge in [0.2, 0.25) is 5.91 Å². The molecule has 0 radical (unpaired) electrons. The second kappa shape index (κ2) is 7.79. The van der Waals surface area contributed by atoms with Crippen molar-refractivity contribution in [1.82, 2.24) is 0 Å². The fourth-order valence-electron chi connectivity index (χ4n) is 1.68. The lowest BCUT2D eigenvalue weighted by molar-refractivity contribution is -0.138. The normalized spacial score (nSPS) is 11.2. The number of amides is 1. The summed E-state index contributed by atoms with van der Waals surface area (Å²) < 4.78 is 5.12. The zero-order valence-electron chi connectivity index (χ0n) is 11.1. The third kappa shape index (κ3) is 5.87. The molecule has 1 aromatic rings. The lowest BCUT2D eigenvalue weighted by Gasteiger charge is -2.10. The fourth-order valence-corrected chi connectivity index (χ4v) is 1.68. The summed E-state index contributed by atoms with van der Waals surface area (Å²) >= 11 is 0. The molecule has 106 valence electrons. The first-order chi connectivity index (χ1) is 9.51. The number of anilines is 1. The molecule has 0 saturated carbocycles. The van der Waals surface area contributed by atoms with Crippen LogP contribution in [0, 0.1) is 17.2 Å². The maximum absolute atomic E-state index is 11.7. The van der Waals surface area contributed by atoms with Crippen LogP contribution in [0.5, 0.6) is 5.75 Å². The molecule has 0 bridgehead atoms. The highest BCUT2D eigenvalue weighted by Crippen LogP contribution is 2.18. The Morgan fingerprint density at radius 1 is 1.45 bits per heavy atom. The van der Waals surface area contributed by atoms with Crippen molar-refractivity contribution in [3.63, 3.8) is 0 Å². The number of carboxylic acids is 1. The van der Waals surface area contributed by atoms with Gasteiger partial charge in [-0.05, 0) is 18.1 Å². The summed E-state index contributed by atoms with van der Waals surface area (Å²) in [6, 6.07) is 8.54. The molecular weight excluding hydrogens is 260 g/mol. The van der Waals surface area contributed by atoms with E-state index >= 15 is 0 Å². The number of rotatable bonds is 7. The zero-order valence-corrected chi connectivity index (χ0v) is 11.1. The lowest BCUT2D eigenvalue weighted by Crippen LogP contribution is -2.17. The molecule has 20 heavy (non-hydrogen) atoms. The van der Waals surface area contributed by atoms with Crippen molar-refractivity contribution in [1.29, 1.82) is 5.26 Å². The molecule has 0 aliphatic rings. The minimum absolute atomic E-state index is 0.0429. The van der Waals surface area contributed by atoms with E-state index in [9.17, 15) is 9.59 Å². The van der Waals surface area contributed by atoms with Crippen LogP contribution in [0.1, 0.15) is 19.8 Å². The van der Waals surface area contributed by atoms with E-state index < -0.39 is 5.97 Å². The zero-order chi connectivity index (χ0) is 15.0. The maximum atomic E-state index is 11.7. The Morgan fingerprint density at radius 3 is 2.85 bits per heavy atom. The highest BCUT2D eigenvalue weighted by atomic mass is 16.5. The number of carboxylic acid groups (broad SMARTS) is 1. The van der Waals surface area contributed by atoms with E-state index in [-0.39, 0.29) is 31.3 Å². The van der Waals surface area contributed by atoms with Gasteiger partial charge in [-0.25, -0.2) is 0 Å². The van der Waals surface area contributed by atoms with Crippen LogP contribution in [0.25, 0.3) is 0 Å². The Labute approximate surface area is 117 Å². The van der Waals surface area contributed by atoms with Crippen LogP contribution in [0.3, 0.4) is 0 Å². The van der Waals surface area contributed by atoms with Crippen molar-refractivity contribution in [2.24, 2.45) is 5.92 Å². The van der Waals surface area contributed by atoms with E-state index in [0.717, 1.165) is 0 Å². The van der Waals surface area contributed by atoms with E-state index in [1.165, 1.54) is 0 Å². The first-order valence-electron chi connectivity index (χ1n) is 6.12. The third-order valence-electron chi connectivity index (χ3n) is 2.48. The molecule has 0 aliphatic carbocycles. The van der Waals surface area contributed by atoms with Crippen LogP contribution in [0.2, 0.25) is 0 Å². The summed E-state index contributed by atoms with van der Waals surface area (Å²) in [5.41, 5.74) is 0.549. The highest BCUT2D eigenvalue weighted by Gasteiger charge is 2.12. The Morgan fingerprint density at radius 2 is 2.20 bits per heavy atom. The molecule has 0 aliphatic heterocycles. The van der Waals surface area contributed by atoms with Gasteiger partial charge in [-0.1, -0.05) is 13.0 Å². The summed E-state index contributed by atoms with van der Waals surface area (Å²) in [5.74, 6) is -0.915. The number of nitriles is 1. The molecule has 1 rings (SSSR count). The molecule has 0 spiro atoms. The summed E-state index contributed by atoms with van der Waals surface area (Å²) in [6.45, 7) is 1.65. The van der Waals surface area contributed by atoms with Gasteiger partial charge in [-0.2, -0.15) is 5.26 Å². The second-order valence-corrected chi connectivity index (χ2v) is 4.43. The Kier molecular flexibility index (Phi) is 6.04. The van der Waals surface area contributed by atoms with Gasteiger partial charge >= 0.3 is 5.97 Å². The SMILES string of the molecule is CC(CC(=O)O)CC(=O)Nc1cccc(OCC#N)c1. The number of hydrogen-bond acceptors (Lipinski definition) is 4. The first kappa shape index (κ1) is 15.5. The minimum Gasteiger partial charge on any atom is -0.481 e. The average molecular weight is 276 g/mol. The standard InChI is InChI=1S/C14H16N2O4/c1-10(8-14(18)19)7-13(17)16-11-3-2-4-12(9-11)20-6-5-15/h2-4,9-10H,6-8H2,1H3,(H,16,17)(H,18,19). The molecule has 1 atom stereocenters. The van der Waals surface area contributed by atoms with E-state index in [1.807, 2.05) is 6.07 Å². The number of hydrogen-bond donors (Lipinski definition) is 2. The number of carbonyl (C=O) groups is 2. The topological polar surface area (TPSA) is 99.4 Å². The molecule has 0 fully saturated rings. The first-order valence-corrected chi connectivity index (χ1v) is 6.12. The van der Waals surface area contributed by atoms with E-state index in [1.54, 1.807) is 31.2 Å². The van der Waals surface area contributed by atoms with Gasteiger partial charge in [-0.3, -0.25) is 9.59 Å². The van der Waals surface area contributed by atoms with Crippen LogP contribution in [0.15, 0.2) is 24.3 Å². The summed E-state index contributed by atoms with van der Waals surface area (Å²) in [6.07, 6.45) is 0.0916. The number of carbonyl (C=O) groups excluding carboxylic acids is 1. The molecule has 1 unspecified atom stereocenters. The van der Waals surface area contributed by atoms with Crippen molar-refractivity contribution in [2.75, 3.05) is 11.9 Å². The lowest BCUT2D eigenvalue weighted by atomic mass is 10.0. The highest BCUT2D eigenvalue weighted by molar-refractivity contribution is 5.91. The van der Waals surface area contributed by atoms with Crippen molar-refractivity contribution in [3.8, 4) is 11.8 Å². The third-order valence-corrected chi connectivity index (χ3v) is 2.48. The van der Waals surface area contributed by atoms with Gasteiger partial charge in [0.25, 0.3) is 0 Å². The molecule has 0 saturated heterocycles. The molecule has 6 nitrogen and oxygen atoms in total. The van der Waals surface area contributed by atoms with E-state index in [2.05, 4.69) is 5.32 Å². The molecule has 1 amide bonds. The van der Waals surface area contributed by atoms with Crippen LogP contribution < -0.4 is 10.1 Å². The number of nitrogens with zero attached hydrogens (tertiary/aromatic N) is 1. The number of aliphatic carboxylic acids is 1. The molecular formula is C14H16N2O4. The summed E-state index contributed by atoms with van der Waals surface area (Å²) in [7, 11) is 0. The number of benzene rings is 1. The van der Waals surface area contributed by atoms with E-state index in [0.29, 0.717) is 11.4 Å².